The molecule has 0 spiro atoms. The van der Waals surface area contributed by atoms with E-state index < -0.39 is 30.6 Å². The maximum absolute atomic E-state index is 12.7. The van der Waals surface area contributed by atoms with Gasteiger partial charge in [-0.1, -0.05) is 48.5 Å². The zero-order chi connectivity index (χ0) is 20.4. The fraction of sp³-hybridized carbons (Fsp3) is 0.318. The number of carboxylic acids is 1. The third kappa shape index (κ3) is 3.68. The summed E-state index contributed by atoms with van der Waals surface area (Å²) in [6.45, 7) is 0.141. The van der Waals surface area contributed by atoms with Crippen molar-refractivity contribution in [1.29, 1.82) is 0 Å². The van der Waals surface area contributed by atoms with E-state index in [9.17, 15) is 14.4 Å². The van der Waals surface area contributed by atoms with Crippen molar-refractivity contribution in [3.8, 4) is 11.1 Å². The Kier molecular flexibility index (Phi) is 5.20. The minimum Gasteiger partial charge on any atom is -0.480 e. The highest BCUT2D eigenvalue weighted by molar-refractivity contribution is 5.88. The van der Waals surface area contributed by atoms with Crippen molar-refractivity contribution in [3.63, 3.8) is 0 Å². The van der Waals surface area contributed by atoms with Crippen molar-refractivity contribution in [2.75, 3.05) is 19.7 Å². The van der Waals surface area contributed by atoms with Gasteiger partial charge in [0.25, 0.3) is 0 Å². The highest BCUT2D eigenvalue weighted by Gasteiger charge is 2.36. The number of carbonyl (C=O) groups excluding carboxylic acids is 2. The van der Waals surface area contributed by atoms with Crippen LogP contribution in [0.15, 0.2) is 48.5 Å². The largest absolute Gasteiger partial charge is 0.480 e. The molecule has 2 aromatic carbocycles. The molecule has 7 heteroatoms. The first-order valence-electron chi connectivity index (χ1n) is 9.67. The number of ether oxygens (including phenoxy) is 1. The maximum atomic E-state index is 12.7. The van der Waals surface area contributed by atoms with Crippen LogP contribution in [0.3, 0.4) is 0 Å². The summed E-state index contributed by atoms with van der Waals surface area (Å²) in [7, 11) is 0. The zero-order valence-corrected chi connectivity index (χ0v) is 15.8. The van der Waals surface area contributed by atoms with Crippen molar-refractivity contribution in [2.24, 2.45) is 0 Å². The molecule has 1 saturated heterocycles. The number of amides is 2. The van der Waals surface area contributed by atoms with Gasteiger partial charge in [-0.05, 0) is 35.1 Å². The smallest absolute Gasteiger partial charge is 0.410 e. The summed E-state index contributed by atoms with van der Waals surface area (Å²) in [4.78, 5) is 37.0. The maximum Gasteiger partial charge on any atom is 0.410 e. The fourth-order valence-corrected chi connectivity index (χ4v) is 4.22. The lowest BCUT2D eigenvalue weighted by Gasteiger charge is -2.24. The van der Waals surface area contributed by atoms with Gasteiger partial charge >= 0.3 is 12.1 Å². The van der Waals surface area contributed by atoms with Crippen LogP contribution >= 0.6 is 0 Å². The predicted octanol–water partition coefficient (Wildman–Crippen LogP) is 2.60. The van der Waals surface area contributed by atoms with E-state index in [0.29, 0.717) is 19.4 Å². The molecule has 7 nitrogen and oxygen atoms in total. The van der Waals surface area contributed by atoms with Gasteiger partial charge in [0.05, 0.1) is 0 Å². The Labute approximate surface area is 168 Å². The summed E-state index contributed by atoms with van der Waals surface area (Å²) in [5.74, 6) is -1.63. The minimum absolute atomic E-state index is 0.0479. The second-order valence-corrected chi connectivity index (χ2v) is 7.27. The normalized spacial score (nSPS) is 17.5. The van der Waals surface area contributed by atoms with E-state index >= 15 is 0 Å². The van der Waals surface area contributed by atoms with Crippen LogP contribution in [0.25, 0.3) is 11.1 Å². The summed E-state index contributed by atoms with van der Waals surface area (Å²) in [6.07, 6.45) is 0.630. The number of carbonyl (C=O) groups is 3. The average Bonchev–Trinajstić information content (AvgIpc) is 3.34. The van der Waals surface area contributed by atoms with Crippen LogP contribution in [0.2, 0.25) is 0 Å². The average molecular weight is 394 g/mol. The second kappa shape index (κ2) is 7.95. The van der Waals surface area contributed by atoms with Gasteiger partial charge in [0, 0.05) is 12.5 Å². The number of carboxylic acid groups (broad SMARTS) is 1. The minimum atomic E-state index is -1.12. The number of aliphatic carboxylic acids is 1. The van der Waals surface area contributed by atoms with Crippen molar-refractivity contribution in [2.45, 2.75) is 24.8 Å². The van der Waals surface area contributed by atoms with E-state index in [1.807, 2.05) is 36.4 Å². The zero-order valence-electron chi connectivity index (χ0n) is 15.8. The molecule has 0 radical (unpaired) electrons. The third-order valence-corrected chi connectivity index (χ3v) is 5.54. The standard InChI is InChI=1S/C22H22N2O5/c25-20(26)12-23-21(27)19-10-5-11-24(19)22(28)29-13-18-16-8-3-1-6-14(16)15-7-2-4-9-17(15)18/h1-4,6-9,18-19H,5,10-13H2,(H,23,27)(H,25,26). The molecular weight excluding hydrogens is 372 g/mol. The number of nitrogens with zero attached hydrogens (tertiary/aromatic N) is 1. The van der Waals surface area contributed by atoms with Crippen LogP contribution in [0.5, 0.6) is 0 Å². The van der Waals surface area contributed by atoms with Gasteiger partial charge in [0.2, 0.25) is 5.91 Å². The van der Waals surface area contributed by atoms with Gasteiger partial charge in [-0.2, -0.15) is 0 Å². The number of hydrogen-bond acceptors (Lipinski definition) is 4. The van der Waals surface area contributed by atoms with Crippen LogP contribution in [-0.2, 0) is 14.3 Å². The Morgan fingerprint density at radius 1 is 1.03 bits per heavy atom. The third-order valence-electron chi connectivity index (χ3n) is 5.54. The van der Waals surface area contributed by atoms with Gasteiger partial charge in [-0.3, -0.25) is 14.5 Å². The van der Waals surface area contributed by atoms with Gasteiger partial charge in [-0.25, -0.2) is 4.79 Å². The molecule has 0 saturated carbocycles. The lowest BCUT2D eigenvalue weighted by Crippen LogP contribution is -2.47. The summed E-state index contributed by atoms with van der Waals surface area (Å²) >= 11 is 0. The lowest BCUT2D eigenvalue weighted by molar-refractivity contribution is -0.138. The van der Waals surface area contributed by atoms with E-state index in [0.717, 1.165) is 22.3 Å². The molecule has 2 N–H and O–H groups in total. The van der Waals surface area contributed by atoms with Gasteiger partial charge < -0.3 is 15.2 Å². The Morgan fingerprint density at radius 3 is 2.28 bits per heavy atom. The van der Waals surface area contributed by atoms with E-state index in [-0.39, 0.29) is 12.5 Å². The molecule has 4 rings (SSSR count). The SMILES string of the molecule is O=C(O)CNC(=O)C1CCCN1C(=O)OCC1c2ccccc2-c2ccccc21. The molecule has 1 heterocycles. The molecule has 0 bridgehead atoms. The Morgan fingerprint density at radius 2 is 1.66 bits per heavy atom. The molecule has 0 aromatic heterocycles. The number of fused-ring (bicyclic) bond motifs is 3. The van der Waals surface area contributed by atoms with Crippen LogP contribution in [0, 0.1) is 0 Å². The van der Waals surface area contributed by atoms with Crippen molar-refractivity contribution < 1.29 is 24.2 Å². The number of rotatable bonds is 5. The summed E-state index contributed by atoms with van der Waals surface area (Å²) in [6, 6.07) is 15.5. The molecule has 1 fully saturated rings. The molecule has 1 unspecified atom stereocenters. The number of hydrogen-bond donors (Lipinski definition) is 2. The number of nitrogens with one attached hydrogen (secondary N) is 1. The second-order valence-electron chi connectivity index (χ2n) is 7.27. The first-order valence-corrected chi connectivity index (χ1v) is 9.67. The van der Waals surface area contributed by atoms with E-state index in [4.69, 9.17) is 9.84 Å². The molecule has 2 amide bonds. The molecule has 1 aliphatic heterocycles. The number of likely N-dealkylation sites (tertiary alicyclic amines) is 1. The highest BCUT2D eigenvalue weighted by Crippen LogP contribution is 2.44. The van der Waals surface area contributed by atoms with Crippen LogP contribution < -0.4 is 5.32 Å². The van der Waals surface area contributed by atoms with E-state index in [1.54, 1.807) is 0 Å². The Hall–Kier alpha value is -3.35. The highest BCUT2D eigenvalue weighted by atomic mass is 16.6. The fourth-order valence-electron chi connectivity index (χ4n) is 4.22. The van der Waals surface area contributed by atoms with E-state index in [1.165, 1.54) is 4.90 Å². The van der Waals surface area contributed by atoms with Gasteiger partial charge in [0.15, 0.2) is 0 Å². The monoisotopic (exact) mass is 394 g/mol. The Balaban J connectivity index is 1.44. The van der Waals surface area contributed by atoms with Crippen LogP contribution in [-0.4, -0.2) is 53.7 Å². The van der Waals surface area contributed by atoms with Gasteiger partial charge in [-0.15, -0.1) is 0 Å². The molecule has 1 atom stereocenters. The molecule has 2 aromatic rings. The molecule has 2 aliphatic rings. The molecule has 1 aliphatic carbocycles. The summed E-state index contributed by atoms with van der Waals surface area (Å²) in [5, 5.41) is 11.1. The van der Waals surface area contributed by atoms with Crippen molar-refractivity contribution in [3.05, 3.63) is 59.7 Å². The van der Waals surface area contributed by atoms with Crippen LogP contribution in [0.4, 0.5) is 4.79 Å². The summed E-state index contributed by atoms with van der Waals surface area (Å²) in [5.41, 5.74) is 4.55. The molecule has 150 valence electrons. The molecular formula is C22H22N2O5. The molecule has 29 heavy (non-hydrogen) atoms. The first kappa shape index (κ1) is 19.0. The lowest BCUT2D eigenvalue weighted by atomic mass is 9.98. The summed E-state index contributed by atoms with van der Waals surface area (Å²) < 4.78 is 5.62. The van der Waals surface area contributed by atoms with Gasteiger partial charge in [0.1, 0.15) is 19.2 Å². The van der Waals surface area contributed by atoms with Crippen LogP contribution in [0.1, 0.15) is 29.9 Å². The predicted molar refractivity (Wildman–Crippen MR) is 105 cm³/mol. The van der Waals surface area contributed by atoms with E-state index in [2.05, 4.69) is 17.4 Å². The Bertz CT molecular complexity index is 912. The number of benzene rings is 2. The quantitative estimate of drug-likeness (QED) is 0.813. The topological polar surface area (TPSA) is 95.9 Å². The first-order chi connectivity index (χ1) is 14.1. The van der Waals surface area contributed by atoms with Crippen molar-refractivity contribution in [1.82, 2.24) is 10.2 Å². The van der Waals surface area contributed by atoms with Crippen molar-refractivity contribution >= 4 is 18.0 Å².